The summed E-state index contributed by atoms with van der Waals surface area (Å²) in [5.74, 6) is -0.214. The molecule has 6 heteroatoms. The number of carbonyl (C=O) groups is 2. The summed E-state index contributed by atoms with van der Waals surface area (Å²) in [5.41, 5.74) is 2.83. The van der Waals surface area contributed by atoms with E-state index in [9.17, 15) is 9.59 Å². The first-order chi connectivity index (χ1) is 12.0. The second-order valence-corrected chi connectivity index (χ2v) is 7.18. The lowest BCUT2D eigenvalue weighted by Gasteiger charge is -2.44. The van der Waals surface area contributed by atoms with Crippen molar-refractivity contribution in [1.82, 2.24) is 9.80 Å². The monoisotopic (exact) mass is 374 g/mol. The van der Waals surface area contributed by atoms with Crippen molar-refractivity contribution in [2.45, 2.75) is 12.5 Å². The standard InChI is InChI=1S/C19H16Cl2N2O2/c20-15-6-5-13(9-16(15)21)19(25)22-10-17-14-4-2-1-3-12(14)7-8-23(17)18(24)11-22/h1-6,9,17H,7-8,10-11H2/t17-/m1/s1. The Morgan fingerprint density at radius 3 is 2.68 bits per heavy atom. The van der Waals surface area contributed by atoms with Gasteiger partial charge in [0.05, 0.1) is 16.1 Å². The third-order valence-electron chi connectivity index (χ3n) is 4.91. The summed E-state index contributed by atoms with van der Waals surface area (Å²) in [7, 11) is 0. The van der Waals surface area contributed by atoms with Gasteiger partial charge >= 0.3 is 0 Å². The van der Waals surface area contributed by atoms with Crippen LogP contribution in [0.5, 0.6) is 0 Å². The Kier molecular flexibility index (Phi) is 4.18. The van der Waals surface area contributed by atoms with E-state index in [2.05, 4.69) is 6.07 Å². The highest BCUT2D eigenvalue weighted by molar-refractivity contribution is 6.42. The Labute approximate surface area is 155 Å². The lowest BCUT2D eigenvalue weighted by Crippen LogP contribution is -2.55. The first kappa shape index (κ1) is 16.4. The lowest BCUT2D eigenvalue weighted by molar-refractivity contribution is -0.139. The molecular weight excluding hydrogens is 359 g/mol. The van der Waals surface area contributed by atoms with Gasteiger partial charge in [-0.25, -0.2) is 0 Å². The van der Waals surface area contributed by atoms with Gasteiger partial charge in [0.1, 0.15) is 6.54 Å². The molecule has 0 radical (unpaired) electrons. The molecule has 1 saturated heterocycles. The molecule has 2 aliphatic heterocycles. The zero-order valence-electron chi connectivity index (χ0n) is 13.4. The van der Waals surface area contributed by atoms with Crippen LogP contribution in [0, 0.1) is 0 Å². The van der Waals surface area contributed by atoms with E-state index in [1.54, 1.807) is 23.1 Å². The zero-order chi connectivity index (χ0) is 17.6. The second kappa shape index (κ2) is 6.36. The molecule has 0 aliphatic carbocycles. The van der Waals surface area contributed by atoms with E-state index < -0.39 is 0 Å². The van der Waals surface area contributed by atoms with Gasteiger partial charge < -0.3 is 9.80 Å². The van der Waals surface area contributed by atoms with Crippen molar-refractivity contribution in [2.24, 2.45) is 0 Å². The molecular formula is C19H16Cl2N2O2. The number of rotatable bonds is 1. The Morgan fingerprint density at radius 2 is 1.88 bits per heavy atom. The minimum absolute atomic E-state index is 0.0147. The second-order valence-electron chi connectivity index (χ2n) is 6.37. The summed E-state index contributed by atoms with van der Waals surface area (Å²) >= 11 is 11.9. The normalized spacial score (nSPS) is 19.4. The van der Waals surface area contributed by atoms with Crippen LogP contribution < -0.4 is 0 Å². The van der Waals surface area contributed by atoms with Crippen LogP contribution in [0.4, 0.5) is 0 Å². The molecule has 2 aliphatic rings. The van der Waals surface area contributed by atoms with Gasteiger partial charge in [-0.2, -0.15) is 0 Å². The molecule has 128 valence electrons. The van der Waals surface area contributed by atoms with Crippen LogP contribution in [0.3, 0.4) is 0 Å². The lowest BCUT2D eigenvalue weighted by atomic mass is 9.90. The van der Waals surface area contributed by atoms with Crippen LogP contribution in [0.25, 0.3) is 0 Å². The van der Waals surface area contributed by atoms with E-state index in [0.29, 0.717) is 28.7 Å². The highest BCUT2D eigenvalue weighted by Crippen LogP contribution is 2.33. The molecule has 2 heterocycles. The van der Waals surface area contributed by atoms with E-state index in [1.165, 1.54) is 5.56 Å². The maximum atomic E-state index is 12.8. The van der Waals surface area contributed by atoms with Crippen molar-refractivity contribution in [3.8, 4) is 0 Å². The molecule has 0 aromatic heterocycles. The Balaban J connectivity index is 1.64. The van der Waals surface area contributed by atoms with Crippen LogP contribution in [0.15, 0.2) is 42.5 Å². The minimum atomic E-state index is -0.199. The summed E-state index contributed by atoms with van der Waals surface area (Å²) in [5, 5.41) is 0.737. The summed E-state index contributed by atoms with van der Waals surface area (Å²) in [4.78, 5) is 28.9. The van der Waals surface area contributed by atoms with Gasteiger partial charge in [0.15, 0.2) is 0 Å². The Morgan fingerprint density at radius 1 is 1.08 bits per heavy atom. The average Bonchev–Trinajstić information content (AvgIpc) is 2.63. The smallest absolute Gasteiger partial charge is 0.254 e. The predicted molar refractivity (Wildman–Crippen MR) is 97.0 cm³/mol. The van der Waals surface area contributed by atoms with E-state index >= 15 is 0 Å². The molecule has 4 nitrogen and oxygen atoms in total. The maximum Gasteiger partial charge on any atom is 0.254 e. The molecule has 0 saturated carbocycles. The fourth-order valence-corrected chi connectivity index (χ4v) is 3.94. The summed E-state index contributed by atoms with van der Waals surface area (Å²) in [6.07, 6.45) is 0.860. The summed E-state index contributed by atoms with van der Waals surface area (Å²) in [6.45, 7) is 1.29. The van der Waals surface area contributed by atoms with Crippen LogP contribution in [0.2, 0.25) is 10.0 Å². The number of hydrogen-bond donors (Lipinski definition) is 0. The minimum Gasteiger partial charge on any atom is -0.332 e. The van der Waals surface area contributed by atoms with Crippen molar-refractivity contribution in [3.05, 3.63) is 69.2 Å². The van der Waals surface area contributed by atoms with Crippen molar-refractivity contribution in [1.29, 1.82) is 0 Å². The quantitative estimate of drug-likeness (QED) is 0.765. The first-order valence-corrected chi connectivity index (χ1v) is 8.92. The fourth-order valence-electron chi connectivity index (χ4n) is 3.64. The molecule has 25 heavy (non-hydrogen) atoms. The number of carbonyl (C=O) groups excluding carboxylic acids is 2. The number of halogens is 2. The topological polar surface area (TPSA) is 40.6 Å². The number of amides is 2. The highest BCUT2D eigenvalue weighted by Gasteiger charge is 2.38. The number of piperazine rings is 1. The number of hydrogen-bond acceptors (Lipinski definition) is 2. The van der Waals surface area contributed by atoms with Crippen molar-refractivity contribution in [3.63, 3.8) is 0 Å². The maximum absolute atomic E-state index is 12.8. The Hall–Kier alpha value is -2.04. The zero-order valence-corrected chi connectivity index (χ0v) is 14.9. The molecule has 0 bridgehead atoms. The van der Waals surface area contributed by atoms with Crippen LogP contribution in [0.1, 0.15) is 27.5 Å². The third kappa shape index (κ3) is 2.90. The van der Waals surface area contributed by atoms with Gasteiger partial charge in [-0.05, 0) is 35.7 Å². The molecule has 2 amide bonds. The fraction of sp³-hybridized carbons (Fsp3) is 0.263. The van der Waals surface area contributed by atoms with E-state index in [1.807, 2.05) is 23.1 Å². The van der Waals surface area contributed by atoms with E-state index in [4.69, 9.17) is 23.2 Å². The number of nitrogens with zero attached hydrogens (tertiary/aromatic N) is 2. The van der Waals surface area contributed by atoms with Gasteiger partial charge in [0, 0.05) is 18.7 Å². The van der Waals surface area contributed by atoms with Gasteiger partial charge in [-0.3, -0.25) is 9.59 Å². The van der Waals surface area contributed by atoms with Crippen LogP contribution in [-0.2, 0) is 11.2 Å². The van der Waals surface area contributed by atoms with Gasteiger partial charge in [-0.15, -0.1) is 0 Å². The van der Waals surface area contributed by atoms with Gasteiger partial charge in [0.2, 0.25) is 5.91 Å². The van der Waals surface area contributed by atoms with Gasteiger partial charge in [-0.1, -0.05) is 47.5 Å². The molecule has 1 fully saturated rings. The van der Waals surface area contributed by atoms with Crippen molar-refractivity contribution in [2.75, 3.05) is 19.6 Å². The van der Waals surface area contributed by atoms with Crippen molar-refractivity contribution < 1.29 is 9.59 Å². The predicted octanol–water partition coefficient (Wildman–Crippen LogP) is 3.58. The molecule has 2 aromatic carbocycles. The molecule has 0 spiro atoms. The van der Waals surface area contributed by atoms with Crippen molar-refractivity contribution >= 4 is 35.0 Å². The van der Waals surface area contributed by atoms with Crippen LogP contribution in [-0.4, -0.2) is 41.2 Å². The average molecular weight is 375 g/mol. The molecule has 1 atom stereocenters. The molecule has 0 unspecified atom stereocenters. The largest absolute Gasteiger partial charge is 0.332 e. The Bertz CT molecular complexity index is 868. The third-order valence-corrected chi connectivity index (χ3v) is 5.64. The summed E-state index contributed by atoms with van der Waals surface area (Å²) in [6, 6.07) is 12.8. The number of benzene rings is 2. The van der Waals surface area contributed by atoms with Gasteiger partial charge in [0.25, 0.3) is 5.91 Å². The molecule has 2 aromatic rings. The van der Waals surface area contributed by atoms with E-state index in [-0.39, 0.29) is 24.4 Å². The molecule has 0 N–H and O–H groups in total. The number of fused-ring (bicyclic) bond motifs is 3. The molecule has 4 rings (SSSR count). The van der Waals surface area contributed by atoms with Crippen LogP contribution >= 0.6 is 23.2 Å². The first-order valence-electron chi connectivity index (χ1n) is 8.16. The summed E-state index contributed by atoms with van der Waals surface area (Å²) < 4.78 is 0. The van der Waals surface area contributed by atoms with E-state index in [0.717, 1.165) is 12.0 Å². The SMILES string of the molecule is O=C(c1ccc(Cl)c(Cl)c1)N1CC(=O)N2CCc3ccccc3[C@H]2C1. The highest BCUT2D eigenvalue weighted by atomic mass is 35.5.